The van der Waals surface area contributed by atoms with Gasteiger partial charge in [0.05, 0.1) is 23.1 Å². The summed E-state index contributed by atoms with van der Waals surface area (Å²) >= 11 is 7.38. The number of carbonyl (C=O) groups excluding carboxylic acids is 4. The fourth-order valence-corrected chi connectivity index (χ4v) is 7.30. The third-order valence-electron chi connectivity index (χ3n) is 8.77. The molecule has 0 radical (unpaired) electrons. The number of rotatable bonds is 10. The lowest BCUT2D eigenvalue weighted by Crippen LogP contribution is -2.57. The zero-order valence-electron chi connectivity index (χ0n) is 23.9. The standard InChI is InChI=1S/C29H35ClN6O6S/c1-33(27(39)23-9-12-31-42-23)19-10-15-34(16-19)17-20-4-2-14-36(20)25(37)18-35-13-3-5-22(26(35)38)32-29(28(40)41-29)11-8-21-6-7-24(30)43-21/h6-9,11-12,19-20,22,32H,2-5,10,13-18H2,1H3/b11-8+/t19?,20-,22-,29+/m0/s1. The van der Waals surface area contributed by atoms with Crippen LogP contribution in [-0.2, 0) is 19.1 Å². The highest BCUT2D eigenvalue weighted by atomic mass is 35.5. The quantitative estimate of drug-likeness (QED) is 0.392. The van der Waals surface area contributed by atoms with Crippen molar-refractivity contribution in [2.45, 2.75) is 56.0 Å². The fourth-order valence-electron chi connectivity index (χ4n) is 6.33. The number of piperidine rings is 1. The molecule has 4 saturated heterocycles. The zero-order chi connectivity index (χ0) is 30.1. The van der Waals surface area contributed by atoms with E-state index in [4.69, 9.17) is 20.9 Å². The number of halogens is 1. The largest absolute Gasteiger partial charge is 0.424 e. The van der Waals surface area contributed by atoms with Crippen molar-refractivity contribution in [1.29, 1.82) is 0 Å². The van der Waals surface area contributed by atoms with Gasteiger partial charge in [0.25, 0.3) is 11.6 Å². The number of likely N-dealkylation sites (N-methyl/N-ethyl adjacent to an activating group) is 1. The third kappa shape index (κ3) is 6.49. The van der Waals surface area contributed by atoms with Gasteiger partial charge in [0.1, 0.15) is 0 Å². The molecule has 0 aromatic carbocycles. The van der Waals surface area contributed by atoms with Gasteiger partial charge >= 0.3 is 5.97 Å². The van der Waals surface area contributed by atoms with E-state index in [9.17, 15) is 19.2 Å². The highest BCUT2D eigenvalue weighted by Gasteiger charge is 2.58. The van der Waals surface area contributed by atoms with Gasteiger partial charge in [-0.25, -0.2) is 4.79 Å². The molecule has 43 heavy (non-hydrogen) atoms. The van der Waals surface area contributed by atoms with E-state index in [-0.39, 0.29) is 42.1 Å². The predicted octanol–water partition coefficient (Wildman–Crippen LogP) is 2.07. The molecular weight excluding hydrogens is 596 g/mol. The predicted molar refractivity (Wildman–Crippen MR) is 158 cm³/mol. The second-order valence-electron chi connectivity index (χ2n) is 11.6. The normalized spacial score (nSPS) is 27.7. The highest BCUT2D eigenvalue weighted by molar-refractivity contribution is 7.17. The number of nitrogens with zero attached hydrogens (tertiary/aromatic N) is 5. The lowest BCUT2D eigenvalue weighted by atomic mass is 10.0. The van der Waals surface area contributed by atoms with E-state index in [1.165, 1.54) is 17.5 Å². The number of ether oxygens (including phenoxy) is 1. The maximum absolute atomic E-state index is 13.5. The van der Waals surface area contributed by atoms with Gasteiger partial charge in [0.2, 0.25) is 17.6 Å². The van der Waals surface area contributed by atoms with E-state index in [2.05, 4.69) is 15.4 Å². The van der Waals surface area contributed by atoms with Crippen LogP contribution in [0.15, 0.2) is 35.0 Å². The molecular formula is C29H35ClN6O6S. The lowest BCUT2D eigenvalue weighted by molar-refractivity contribution is -0.144. The monoisotopic (exact) mass is 630 g/mol. The number of cyclic esters (lactones) is 1. The van der Waals surface area contributed by atoms with Crippen LogP contribution in [-0.4, -0.2) is 119 Å². The molecule has 6 heterocycles. The van der Waals surface area contributed by atoms with Crippen LogP contribution in [0.1, 0.15) is 47.5 Å². The molecule has 12 nitrogen and oxygen atoms in total. The number of hydrogen-bond acceptors (Lipinski definition) is 10. The topological polar surface area (TPSA) is 132 Å². The molecule has 0 aliphatic carbocycles. The average molecular weight is 631 g/mol. The summed E-state index contributed by atoms with van der Waals surface area (Å²) in [6, 6.07) is 4.68. The van der Waals surface area contributed by atoms with E-state index in [1.54, 1.807) is 41.1 Å². The zero-order valence-corrected chi connectivity index (χ0v) is 25.5. The first-order valence-electron chi connectivity index (χ1n) is 14.7. The molecule has 2 aromatic heterocycles. The number of hydrogen-bond donors (Lipinski definition) is 1. The maximum Gasteiger partial charge on any atom is 0.373 e. The number of likely N-dealkylation sites (tertiary alicyclic amines) is 3. The summed E-state index contributed by atoms with van der Waals surface area (Å²) in [6.45, 7) is 3.46. The highest BCUT2D eigenvalue weighted by Crippen LogP contribution is 2.32. The molecule has 4 atom stereocenters. The molecule has 1 N–H and O–H groups in total. The van der Waals surface area contributed by atoms with Crippen LogP contribution in [0.3, 0.4) is 0 Å². The first-order chi connectivity index (χ1) is 20.7. The number of nitrogens with one attached hydrogen (secondary N) is 1. The molecule has 230 valence electrons. The van der Waals surface area contributed by atoms with Crippen molar-refractivity contribution in [2.24, 2.45) is 0 Å². The SMILES string of the molecule is CN(C(=O)c1ccno1)C1CCN(C[C@@H]2CCCN2C(=O)CN2CCC[C@H](N[C@]3(/C=C/c4ccc(Cl)s4)OC3=O)C2=O)C1. The molecule has 3 amide bonds. The first-order valence-corrected chi connectivity index (χ1v) is 15.9. The summed E-state index contributed by atoms with van der Waals surface area (Å²) in [5.41, 5.74) is -1.33. The van der Waals surface area contributed by atoms with Crippen molar-refractivity contribution in [1.82, 2.24) is 30.1 Å². The third-order valence-corrected chi connectivity index (χ3v) is 9.96. The summed E-state index contributed by atoms with van der Waals surface area (Å²) in [4.78, 5) is 60.1. The van der Waals surface area contributed by atoms with Crippen LogP contribution in [0.5, 0.6) is 0 Å². The summed E-state index contributed by atoms with van der Waals surface area (Å²) in [6.07, 6.45) is 8.77. The Morgan fingerprint density at radius 1 is 1.19 bits per heavy atom. The number of thiophene rings is 1. The maximum atomic E-state index is 13.5. The Balaban J connectivity index is 1.01. The van der Waals surface area contributed by atoms with Crippen LogP contribution < -0.4 is 5.32 Å². The Morgan fingerprint density at radius 2 is 2.00 bits per heavy atom. The van der Waals surface area contributed by atoms with Gasteiger partial charge in [-0.2, -0.15) is 0 Å². The van der Waals surface area contributed by atoms with Crippen molar-refractivity contribution in [3.8, 4) is 0 Å². The van der Waals surface area contributed by atoms with Gasteiger partial charge in [-0.3, -0.25) is 24.6 Å². The molecule has 4 aliphatic rings. The van der Waals surface area contributed by atoms with Crippen molar-refractivity contribution in [2.75, 3.05) is 46.3 Å². The van der Waals surface area contributed by atoms with Gasteiger partial charge < -0.3 is 24.0 Å². The Kier molecular flexibility index (Phi) is 8.58. The minimum Gasteiger partial charge on any atom is -0.424 e. The second-order valence-corrected chi connectivity index (χ2v) is 13.3. The Morgan fingerprint density at radius 3 is 2.72 bits per heavy atom. The molecule has 14 heteroatoms. The summed E-state index contributed by atoms with van der Waals surface area (Å²) in [5.74, 6) is -0.664. The molecule has 6 rings (SSSR count). The van der Waals surface area contributed by atoms with Crippen molar-refractivity contribution >= 4 is 52.7 Å². The number of carbonyl (C=O) groups is 4. The Bertz CT molecular complexity index is 1400. The number of epoxide rings is 1. The lowest BCUT2D eigenvalue weighted by Gasteiger charge is -2.35. The summed E-state index contributed by atoms with van der Waals surface area (Å²) < 4.78 is 10.9. The summed E-state index contributed by atoms with van der Waals surface area (Å²) in [5, 5.41) is 6.72. The van der Waals surface area contributed by atoms with Crippen LogP contribution in [0.2, 0.25) is 4.34 Å². The van der Waals surface area contributed by atoms with Crippen molar-refractivity contribution < 1.29 is 28.4 Å². The van der Waals surface area contributed by atoms with Gasteiger partial charge in [0.15, 0.2) is 0 Å². The van der Waals surface area contributed by atoms with Crippen LogP contribution >= 0.6 is 22.9 Å². The van der Waals surface area contributed by atoms with E-state index >= 15 is 0 Å². The first kappa shape index (κ1) is 29.8. The Labute approximate surface area is 258 Å². The van der Waals surface area contributed by atoms with Gasteiger partial charge in [-0.15, -0.1) is 11.3 Å². The minimum atomic E-state index is -1.33. The van der Waals surface area contributed by atoms with Crippen LogP contribution in [0, 0.1) is 0 Å². The molecule has 1 unspecified atom stereocenters. The molecule has 2 aromatic rings. The van der Waals surface area contributed by atoms with E-state index in [0.717, 1.165) is 43.8 Å². The molecule has 4 aliphatic heterocycles. The van der Waals surface area contributed by atoms with Crippen molar-refractivity contribution in [3.05, 3.63) is 45.4 Å². The van der Waals surface area contributed by atoms with E-state index in [0.29, 0.717) is 30.3 Å². The average Bonchev–Trinajstić information content (AvgIpc) is 3.66. The van der Waals surface area contributed by atoms with Crippen LogP contribution in [0.25, 0.3) is 6.08 Å². The molecule has 0 bridgehead atoms. The van der Waals surface area contributed by atoms with Crippen molar-refractivity contribution in [3.63, 3.8) is 0 Å². The fraction of sp³-hybridized carbons (Fsp3) is 0.552. The molecule has 0 spiro atoms. The smallest absolute Gasteiger partial charge is 0.373 e. The molecule has 0 saturated carbocycles. The molecule has 4 fully saturated rings. The summed E-state index contributed by atoms with van der Waals surface area (Å²) in [7, 11) is 1.78. The number of aromatic nitrogens is 1. The van der Waals surface area contributed by atoms with E-state index < -0.39 is 17.7 Å². The van der Waals surface area contributed by atoms with Gasteiger partial charge in [-0.05, 0) is 56.4 Å². The Hall–Kier alpha value is -3.26. The second kappa shape index (κ2) is 12.4. The minimum absolute atomic E-state index is 0.00982. The van der Waals surface area contributed by atoms with Gasteiger partial charge in [0, 0.05) is 62.8 Å². The van der Waals surface area contributed by atoms with E-state index in [1.807, 2.05) is 11.0 Å². The van der Waals surface area contributed by atoms with Crippen LogP contribution in [0.4, 0.5) is 0 Å². The number of amides is 3. The van der Waals surface area contributed by atoms with Gasteiger partial charge in [-0.1, -0.05) is 16.8 Å².